The minimum Gasteiger partial charge on any atom is -0.490 e. The number of fused-ring (bicyclic) bond motifs is 1. The van der Waals surface area contributed by atoms with Crippen LogP contribution in [0.15, 0.2) is 24.4 Å². The van der Waals surface area contributed by atoms with Crippen LogP contribution in [0, 0.1) is 5.92 Å². The van der Waals surface area contributed by atoms with Crippen molar-refractivity contribution in [2.24, 2.45) is 13.0 Å². The summed E-state index contributed by atoms with van der Waals surface area (Å²) in [5.74, 6) is 2.51. The zero-order valence-electron chi connectivity index (χ0n) is 17.1. The van der Waals surface area contributed by atoms with E-state index in [9.17, 15) is 0 Å². The molecule has 0 aliphatic carbocycles. The summed E-state index contributed by atoms with van der Waals surface area (Å²) in [7, 11) is 4.20. The summed E-state index contributed by atoms with van der Waals surface area (Å²) in [5, 5.41) is 8.34. The first-order chi connectivity index (χ1) is 13.7. The molecule has 1 fully saturated rings. The number of aromatic nitrogens is 2. The van der Waals surface area contributed by atoms with E-state index < -0.39 is 0 Å². The second kappa shape index (κ2) is 8.97. The molecule has 1 N–H and O–H groups in total. The molecule has 0 bridgehead atoms. The average Bonchev–Trinajstić information content (AvgIpc) is 2.92. The fourth-order valence-electron chi connectivity index (χ4n) is 4.10. The molecule has 4 rings (SSSR count). The Hall–Kier alpha value is -2.05. The number of rotatable bonds is 6. The van der Waals surface area contributed by atoms with Crippen LogP contribution in [0.2, 0.25) is 0 Å². The maximum absolute atomic E-state index is 5.85. The number of nitrogens with zero attached hydrogens (tertiary/aromatic N) is 3. The minimum atomic E-state index is 0.698. The Morgan fingerprint density at radius 1 is 1.11 bits per heavy atom. The number of hydrogen-bond donors (Lipinski definition) is 1. The van der Waals surface area contributed by atoms with Crippen molar-refractivity contribution < 1.29 is 9.47 Å². The lowest BCUT2D eigenvalue weighted by atomic mass is 9.94. The lowest BCUT2D eigenvalue weighted by Gasteiger charge is -2.28. The Balaban J connectivity index is 1.38. The van der Waals surface area contributed by atoms with Gasteiger partial charge in [-0.1, -0.05) is 0 Å². The molecule has 6 nitrogen and oxygen atoms in total. The van der Waals surface area contributed by atoms with E-state index in [-0.39, 0.29) is 0 Å². The highest BCUT2D eigenvalue weighted by molar-refractivity contribution is 5.66. The topological polar surface area (TPSA) is 51.6 Å². The summed E-state index contributed by atoms with van der Waals surface area (Å²) < 4.78 is 13.5. The van der Waals surface area contributed by atoms with E-state index in [0.29, 0.717) is 13.2 Å². The van der Waals surface area contributed by atoms with Crippen molar-refractivity contribution in [3.63, 3.8) is 0 Å². The molecule has 0 unspecified atom stereocenters. The number of hydrogen-bond acceptors (Lipinski definition) is 5. The van der Waals surface area contributed by atoms with Crippen LogP contribution in [-0.4, -0.2) is 54.6 Å². The lowest BCUT2D eigenvalue weighted by molar-refractivity contribution is 0.211. The fraction of sp³-hybridized carbons (Fsp3) is 0.591. The maximum Gasteiger partial charge on any atom is 0.161 e. The van der Waals surface area contributed by atoms with Gasteiger partial charge >= 0.3 is 0 Å². The summed E-state index contributed by atoms with van der Waals surface area (Å²) in [6, 6.07) is 6.14. The van der Waals surface area contributed by atoms with Gasteiger partial charge in [0.1, 0.15) is 0 Å². The van der Waals surface area contributed by atoms with Crippen molar-refractivity contribution in [1.82, 2.24) is 20.0 Å². The minimum absolute atomic E-state index is 0.698. The fourth-order valence-corrected chi connectivity index (χ4v) is 4.10. The van der Waals surface area contributed by atoms with Crippen LogP contribution in [0.4, 0.5) is 0 Å². The maximum atomic E-state index is 5.85. The van der Waals surface area contributed by atoms with Crippen LogP contribution in [0.25, 0.3) is 11.3 Å². The van der Waals surface area contributed by atoms with Crippen LogP contribution in [0.3, 0.4) is 0 Å². The van der Waals surface area contributed by atoms with Gasteiger partial charge in [0, 0.05) is 37.3 Å². The smallest absolute Gasteiger partial charge is 0.161 e. The van der Waals surface area contributed by atoms with Crippen LogP contribution >= 0.6 is 0 Å². The molecule has 1 aromatic carbocycles. The Bertz CT molecular complexity index is 781. The molecule has 0 spiro atoms. The molecule has 1 saturated heterocycles. The van der Waals surface area contributed by atoms with E-state index in [0.717, 1.165) is 48.2 Å². The number of aryl methyl sites for hydroxylation is 1. The number of ether oxygens (including phenoxy) is 2. The van der Waals surface area contributed by atoms with Gasteiger partial charge in [0.05, 0.1) is 18.9 Å². The quantitative estimate of drug-likeness (QED) is 0.776. The number of nitrogens with one attached hydrogen (secondary N) is 1. The monoisotopic (exact) mass is 384 g/mol. The van der Waals surface area contributed by atoms with E-state index in [4.69, 9.17) is 14.6 Å². The second-order valence-corrected chi connectivity index (χ2v) is 8.10. The summed E-state index contributed by atoms with van der Waals surface area (Å²) in [5.41, 5.74) is 3.32. The van der Waals surface area contributed by atoms with Gasteiger partial charge in [-0.15, -0.1) is 0 Å². The third-order valence-corrected chi connectivity index (χ3v) is 5.81. The third kappa shape index (κ3) is 4.67. The molecule has 0 amide bonds. The molecular formula is C22H32N4O2. The van der Waals surface area contributed by atoms with Gasteiger partial charge < -0.3 is 19.7 Å². The van der Waals surface area contributed by atoms with Gasteiger partial charge in [-0.2, -0.15) is 5.10 Å². The SMILES string of the molecule is CN1CCC(CCNCc2cn(C)nc2-c2ccc3c(c2)OCCCO3)CC1. The van der Waals surface area contributed by atoms with Crippen LogP contribution in [-0.2, 0) is 13.6 Å². The number of piperidine rings is 1. The van der Waals surface area contributed by atoms with Crippen LogP contribution in [0.5, 0.6) is 11.5 Å². The Kier molecular flexibility index (Phi) is 6.17. The van der Waals surface area contributed by atoms with Crippen molar-refractivity contribution in [2.75, 3.05) is 39.9 Å². The second-order valence-electron chi connectivity index (χ2n) is 8.10. The standard InChI is InChI=1S/C22H32N4O2/c1-25-10-7-17(8-11-25)6-9-23-15-19-16-26(2)24-22(19)18-4-5-20-21(14-18)28-13-3-12-27-20/h4-5,14,16-17,23H,3,6-13,15H2,1-2H3. The summed E-state index contributed by atoms with van der Waals surface area (Å²) in [4.78, 5) is 2.43. The molecule has 0 saturated carbocycles. The highest BCUT2D eigenvalue weighted by Gasteiger charge is 2.17. The third-order valence-electron chi connectivity index (χ3n) is 5.81. The van der Waals surface area contributed by atoms with Gasteiger partial charge in [-0.3, -0.25) is 4.68 Å². The van der Waals surface area contributed by atoms with Crippen molar-refractivity contribution in [1.29, 1.82) is 0 Å². The van der Waals surface area contributed by atoms with E-state index in [1.807, 2.05) is 17.8 Å². The molecule has 28 heavy (non-hydrogen) atoms. The molecule has 2 aliphatic rings. The van der Waals surface area contributed by atoms with Gasteiger partial charge in [-0.05, 0) is 70.1 Å². The molecule has 1 aromatic heterocycles. The largest absolute Gasteiger partial charge is 0.490 e. The van der Waals surface area contributed by atoms with Crippen LogP contribution < -0.4 is 14.8 Å². The molecule has 0 atom stereocenters. The molecular weight excluding hydrogens is 352 g/mol. The first-order valence-electron chi connectivity index (χ1n) is 10.5. The Morgan fingerprint density at radius 3 is 2.71 bits per heavy atom. The molecule has 6 heteroatoms. The number of benzene rings is 1. The van der Waals surface area contributed by atoms with Crippen molar-refractivity contribution in [2.45, 2.75) is 32.2 Å². The molecule has 152 valence electrons. The summed E-state index contributed by atoms with van der Waals surface area (Å²) >= 11 is 0. The number of likely N-dealkylation sites (tertiary alicyclic amines) is 1. The Labute approximate surface area is 167 Å². The van der Waals surface area contributed by atoms with Gasteiger partial charge in [0.2, 0.25) is 0 Å². The van der Waals surface area contributed by atoms with Gasteiger partial charge in [0.25, 0.3) is 0 Å². The Morgan fingerprint density at radius 2 is 1.89 bits per heavy atom. The van der Waals surface area contributed by atoms with Gasteiger partial charge in [-0.25, -0.2) is 0 Å². The first kappa shape index (κ1) is 19.3. The first-order valence-corrected chi connectivity index (χ1v) is 10.5. The highest BCUT2D eigenvalue weighted by Crippen LogP contribution is 2.34. The van der Waals surface area contributed by atoms with E-state index in [1.54, 1.807) is 0 Å². The predicted octanol–water partition coefficient (Wildman–Crippen LogP) is 3.07. The zero-order chi connectivity index (χ0) is 19.3. The van der Waals surface area contributed by atoms with Crippen LogP contribution in [0.1, 0.15) is 31.2 Å². The molecule has 3 heterocycles. The van der Waals surface area contributed by atoms with Crippen molar-refractivity contribution >= 4 is 0 Å². The normalized spacial score (nSPS) is 18.2. The summed E-state index contributed by atoms with van der Waals surface area (Å²) in [6.07, 6.45) is 6.94. The predicted molar refractivity (Wildman–Crippen MR) is 111 cm³/mol. The van der Waals surface area contributed by atoms with Gasteiger partial charge in [0.15, 0.2) is 11.5 Å². The highest BCUT2D eigenvalue weighted by atomic mass is 16.5. The lowest BCUT2D eigenvalue weighted by Crippen LogP contribution is -2.31. The van der Waals surface area contributed by atoms with Crippen molar-refractivity contribution in [3.05, 3.63) is 30.0 Å². The van der Waals surface area contributed by atoms with E-state index in [2.05, 4.69) is 35.6 Å². The van der Waals surface area contributed by atoms with Crippen molar-refractivity contribution in [3.8, 4) is 22.8 Å². The van der Waals surface area contributed by atoms with E-state index >= 15 is 0 Å². The molecule has 2 aromatic rings. The molecule has 2 aliphatic heterocycles. The van der Waals surface area contributed by atoms with E-state index in [1.165, 1.54) is 37.9 Å². The average molecular weight is 385 g/mol. The summed E-state index contributed by atoms with van der Waals surface area (Å²) in [6.45, 7) is 5.78. The molecule has 0 radical (unpaired) electrons. The zero-order valence-corrected chi connectivity index (χ0v) is 17.1.